The van der Waals surface area contributed by atoms with Gasteiger partial charge in [-0.05, 0) is 6.07 Å². The molecule has 72 valence electrons. The molecule has 1 nitrogen and oxygen atoms in total. The second-order valence-corrected chi connectivity index (χ2v) is 3.91. The minimum Gasteiger partial charge on any atom is -0.387 e. The Balaban J connectivity index is 3.18. The Kier molecular flexibility index (Phi) is 4.14. The monoisotopic (exact) mass is 258 g/mol. The largest absolute Gasteiger partial charge is 0.387 e. The van der Waals surface area contributed by atoms with E-state index in [0.29, 0.717) is 10.6 Å². The molecule has 0 bridgehead atoms. The van der Waals surface area contributed by atoms with E-state index in [1.807, 2.05) is 0 Å². The van der Waals surface area contributed by atoms with Crippen LogP contribution in [0.25, 0.3) is 0 Å². The molecule has 0 aliphatic carbocycles. The maximum Gasteiger partial charge on any atom is 0.0940 e. The fourth-order valence-corrected chi connectivity index (χ4v) is 1.72. The lowest BCUT2D eigenvalue weighted by atomic mass is 10.1. The van der Waals surface area contributed by atoms with Gasteiger partial charge in [-0.1, -0.05) is 40.9 Å². The Labute approximate surface area is 96.2 Å². The second-order valence-electron chi connectivity index (χ2n) is 2.43. The van der Waals surface area contributed by atoms with Crippen LogP contribution in [0.2, 0.25) is 15.1 Å². The van der Waals surface area contributed by atoms with Crippen LogP contribution in [0.3, 0.4) is 0 Å². The van der Waals surface area contributed by atoms with E-state index in [-0.39, 0.29) is 15.9 Å². The summed E-state index contributed by atoms with van der Waals surface area (Å²) < 4.78 is 0. The van der Waals surface area contributed by atoms with E-state index in [1.54, 1.807) is 12.1 Å². The zero-order valence-corrected chi connectivity index (χ0v) is 9.42. The molecule has 0 fully saturated rings. The Morgan fingerprint density at radius 3 is 2.31 bits per heavy atom. The lowest BCUT2D eigenvalue weighted by Gasteiger charge is -2.10. The van der Waals surface area contributed by atoms with Gasteiger partial charge in [-0.3, -0.25) is 0 Å². The highest BCUT2D eigenvalue weighted by Crippen LogP contribution is 2.35. The van der Waals surface area contributed by atoms with Gasteiger partial charge in [-0.25, -0.2) is 0 Å². The van der Waals surface area contributed by atoms with Crippen molar-refractivity contribution in [1.82, 2.24) is 0 Å². The van der Waals surface area contributed by atoms with Gasteiger partial charge in [-0.2, -0.15) is 0 Å². The molecule has 0 aliphatic heterocycles. The quantitative estimate of drug-likeness (QED) is 0.631. The second kappa shape index (κ2) is 4.72. The molecular weight excluding hydrogens is 254 g/mol. The molecular formula is C8H6Cl4O. The van der Waals surface area contributed by atoms with Crippen molar-refractivity contribution < 1.29 is 5.11 Å². The molecule has 0 aromatic heterocycles. The number of alkyl halides is 1. The van der Waals surface area contributed by atoms with Gasteiger partial charge in [0.1, 0.15) is 0 Å². The Morgan fingerprint density at radius 1 is 1.15 bits per heavy atom. The lowest BCUT2D eigenvalue weighted by molar-refractivity contribution is 0.203. The van der Waals surface area contributed by atoms with Crippen LogP contribution in [0.1, 0.15) is 11.7 Å². The highest BCUT2D eigenvalue weighted by molar-refractivity contribution is 6.48. The molecule has 0 saturated heterocycles. The lowest BCUT2D eigenvalue weighted by Crippen LogP contribution is -1.99. The molecule has 1 rings (SSSR count). The third kappa shape index (κ3) is 2.42. The Hall–Kier alpha value is 0.340. The van der Waals surface area contributed by atoms with E-state index >= 15 is 0 Å². The van der Waals surface area contributed by atoms with Gasteiger partial charge in [-0.15, -0.1) is 11.6 Å². The third-order valence-electron chi connectivity index (χ3n) is 1.57. The minimum atomic E-state index is -0.816. The van der Waals surface area contributed by atoms with Gasteiger partial charge >= 0.3 is 0 Å². The van der Waals surface area contributed by atoms with Crippen molar-refractivity contribution in [2.24, 2.45) is 0 Å². The van der Waals surface area contributed by atoms with Crippen LogP contribution in [0.4, 0.5) is 0 Å². The maximum atomic E-state index is 9.41. The number of aliphatic hydroxyl groups is 1. The van der Waals surface area contributed by atoms with E-state index in [2.05, 4.69) is 0 Å². The van der Waals surface area contributed by atoms with Crippen LogP contribution in [0.5, 0.6) is 0 Å². The van der Waals surface area contributed by atoms with Crippen LogP contribution >= 0.6 is 46.4 Å². The molecule has 0 aliphatic rings. The van der Waals surface area contributed by atoms with Crippen LogP contribution < -0.4 is 0 Å². The first-order valence-corrected chi connectivity index (χ1v) is 5.12. The Bertz CT molecular complexity index is 313. The van der Waals surface area contributed by atoms with Crippen molar-refractivity contribution in [2.45, 2.75) is 6.10 Å². The summed E-state index contributed by atoms with van der Waals surface area (Å²) >= 11 is 22.8. The standard InChI is InChI=1S/C8H6Cl4O/c9-3-6(13)4-1-2-5(10)8(12)7(4)11/h1-2,6,13H,3H2. The summed E-state index contributed by atoms with van der Waals surface area (Å²) in [5.74, 6) is 0.0671. The molecule has 0 spiro atoms. The molecule has 13 heavy (non-hydrogen) atoms. The van der Waals surface area contributed by atoms with Gasteiger partial charge < -0.3 is 5.11 Å². The average molecular weight is 260 g/mol. The summed E-state index contributed by atoms with van der Waals surface area (Å²) in [5.41, 5.74) is 0.492. The fraction of sp³-hybridized carbons (Fsp3) is 0.250. The van der Waals surface area contributed by atoms with Crippen molar-refractivity contribution in [1.29, 1.82) is 0 Å². The van der Waals surface area contributed by atoms with Crippen LogP contribution in [-0.2, 0) is 0 Å². The molecule has 1 unspecified atom stereocenters. The SMILES string of the molecule is OC(CCl)c1ccc(Cl)c(Cl)c1Cl. The summed E-state index contributed by atoms with van der Waals surface area (Å²) in [6.45, 7) is 0. The summed E-state index contributed by atoms with van der Waals surface area (Å²) in [7, 11) is 0. The number of rotatable bonds is 2. The number of benzene rings is 1. The third-order valence-corrected chi connectivity index (χ3v) is 3.17. The van der Waals surface area contributed by atoms with Crippen molar-refractivity contribution >= 4 is 46.4 Å². The van der Waals surface area contributed by atoms with Gasteiger partial charge in [0.25, 0.3) is 0 Å². The number of aliphatic hydroxyl groups excluding tert-OH is 1. The van der Waals surface area contributed by atoms with Gasteiger partial charge in [0.15, 0.2) is 0 Å². The van der Waals surface area contributed by atoms with Crippen LogP contribution in [-0.4, -0.2) is 11.0 Å². The molecule has 0 heterocycles. The van der Waals surface area contributed by atoms with Crippen molar-refractivity contribution in [3.8, 4) is 0 Å². The van der Waals surface area contributed by atoms with Gasteiger partial charge in [0.05, 0.1) is 27.1 Å². The Morgan fingerprint density at radius 2 is 1.77 bits per heavy atom. The first kappa shape index (κ1) is 11.4. The van der Waals surface area contributed by atoms with E-state index in [4.69, 9.17) is 46.4 Å². The molecule has 5 heteroatoms. The van der Waals surface area contributed by atoms with Crippen molar-refractivity contribution in [3.63, 3.8) is 0 Å². The molecule has 0 saturated carbocycles. The smallest absolute Gasteiger partial charge is 0.0940 e. The molecule has 1 atom stereocenters. The van der Waals surface area contributed by atoms with E-state index < -0.39 is 6.10 Å². The van der Waals surface area contributed by atoms with Crippen molar-refractivity contribution in [3.05, 3.63) is 32.8 Å². The highest BCUT2D eigenvalue weighted by Gasteiger charge is 2.14. The predicted molar refractivity (Wildman–Crippen MR) is 57.2 cm³/mol. The summed E-state index contributed by atoms with van der Waals surface area (Å²) in [6, 6.07) is 3.17. The number of halogens is 4. The molecule has 1 N–H and O–H groups in total. The van der Waals surface area contributed by atoms with Crippen molar-refractivity contribution in [2.75, 3.05) is 5.88 Å². The summed E-state index contributed by atoms with van der Waals surface area (Å²) in [6.07, 6.45) is -0.816. The summed E-state index contributed by atoms with van der Waals surface area (Å²) in [5, 5.41) is 10.3. The molecule has 0 radical (unpaired) electrons. The zero-order valence-electron chi connectivity index (χ0n) is 6.40. The average Bonchev–Trinajstić information content (AvgIpc) is 2.13. The molecule has 1 aromatic rings. The topological polar surface area (TPSA) is 20.2 Å². The van der Waals surface area contributed by atoms with Crippen LogP contribution in [0, 0.1) is 0 Å². The normalized spacial score (nSPS) is 13.0. The zero-order chi connectivity index (χ0) is 10.0. The number of hydrogen-bond acceptors (Lipinski definition) is 1. The first-order chi connectivity index (χ1) is 6.07. The minimum absolute atomic E-state index is 0.0671. The van der Waals surface area contributed by atoms with Crippen LogP contribution in [0.15, 0.2) is 12.1 Å². The molecule has 1 aromatic carbocycles. The maximum absolute atomic E-state index is 9.41. The van der Waals surface area contributed by atoms with E-state index in [9.17, 15) is 5.11 Å². The highest BCUT2D eigenvalue weighted by atomic mass is 35.5. The van der Waals surface area contributed by atoms with Gasteiger partial charge in [0.2, 0.25) is 0 Å². The predicted octanol–water partition coefficient (Wildman–Crippen LogP) is 3.92. The van der Waals surface area contributed by atoms with E-state index in [0.717, 1.165) is 0 Å². The fourth-order valence-electron chi connectivity index (χ4n) is 0.881. The number of hydrogen-bond donors (Lipinski definition) is 1. The first-order valence-electron chi connectivity index (χ1n) is 3.45. The van der Waals surface area contributed by atoms with Gasteiger partial charge in [0, 0.05) is 5.56 Å². The summed E-state index contributed by atoms with van der Waals surface area (Å²) in [4.78, 5) is 0. The molecule has 0 amide bonds. The van der Waals surface area contributed by atoms with E-state index in [1.165, 1.54) is 0 Å².